The van der Waals surface area contributed by atoms with E-state index >= 15 is 0 Å². The summed E-state index contributed by atoms with van der Waals surface area (Å²) in [7, 11) is 0. The van der Waals surface area contributed by atoms with Crippen LogP contribution in [0.5, 0.6) is 0 Å². The van der Waals surface area contributed by atoms with Crippen LogP contribution < -0.4 is 10.6 Å². The Morgan fingerprint density at radius 3 is 2.38 bits per heavy atom. The summed E-state index contributed by atoms with van der Waals surface area (Å²) in [6.45, 7) is 0. The summed E-state index contributed by atoms with van der Waals surface area (Å²) in [6.07, 6.45) is -2.95. The molecule has 26 heavy (non-hydrogen) atoms. The van der Waals surface area contributed by atoms with Gasteiger partial charge in [-0.15, -0.1) is 0 Å². The van der Waals surface area contributed by atoms with Crippen molar-refractivity contribution in [2.24, 2.45) is 0 Å². The molecule has 0 bridgehead atoms. The minimum atomic E-state index is -4.42. The molecule has 0 saturated carbocycles. The molecule has 0 spiro atoms. The second-order valence-corrected chi connectivity index (χ2v) is 5.29. The lowest BCUT2D eigenvalue weighted by atomic mass is 10.2. The Hall–Kier alpha value is -3.60. The third-order valence-corrected chi connectivity index (χ3v) is 3.37. The fraction of sp³-hybridized carbons (Fsp3) is 0.0556. The average Bonchev–Trinajstić information content (AvgIpc) is 2.62. The first-order chi connectivity index (χ1) is 12.4. The van der Waals surface area contributed by atoms with Crippen LogP contribution in [0.15, 0.2) is 60.8 Å². The predicted octanol–water partition coefficient (Wildman–Crippen LogP) is 4.85. The van der Waals surface area contributed by atoms with Gasteiger partial charge in [0.1, 0.15) is 5.82 Å². The molecule has 2 N–H and O–H groups in total. The van der Waals surface area contributed by atoms with E-state index in [0.29, 0.717) is 17.1 Å². The molecule has 0 aliphatic carbocycles. The fourth-order valence-corrected chi connectivity index (χ4v) is 2.21. The van der Waals surface area contributed by atoms with Gasteiger partial charge in [0, 0.05) is 17.6 Å². The van der Waals surface area contributed by atoms with Gasteiger partial charge in [0.15, 0.2) is 0 Å². The lowest BCUT2D eigenvalue weighted by molar-refractivity contribution is -0.137. The van der Waals surface area contributed by atoms with Crippen LogP contribution in [0, 0.1) is 11.3 Å². The summed E-state index contributed by atoms with van der Waals surface area (Å²) in [4.78, 5) is 8.22. The minimum Gasteiger partial charge on any atom is -0.340 e. The third kappa shape index (κ3) is 4.27. The number of anilines is 4. The van der Waals surface area contributed by atoms with E-state index in [1.54, 1.807) is 30.3 Å². The number of nitrogens with zero attached hydrogens (tertiary/aromatic N) is 3. The van der Waals surface area contributed by atoms with Crippen LogP contribution in [0.2, 0.25) is 0 Å². The first-order valence-electron chi connectivity index (χ1n) is 7.48. The normalized spacial score (nSPS) is 10.8. The second-order valence-electron chi connectivity index (χ2n) is 5.29. The van der Waals surface area contributed by atoms with Gasteiger partial charge in [0.25, 0.3) is 0 Å². The van der Waals surface area contributed by atoms with E-state index in [2.05, 4.69) is 20.6 Å². The van der Waals surface area contributed by atoms with E-state index in [9.17, 15) is 13.2 Å². The van der Waals surface area contributed by atoms with Gasteiger partial charge in [-0.1, -0.05) is 12.1 Å². The summed E-state index contributed by atoms with van der Waals surface area (Å²) in [6, 6.07) is 15.2. The lowest BCUT2D eigenvalue weighted by Gasteiger charge is -2.11. The van der Waals surface area contributed by atoms with Gasteiger partial charge in [-0.05, 0) is 42.5 Å². The summed E-state index contributed by atoms with van der Waals surface area (Å²) in [5.74, 6) is 0.579. The van der Waals surface area contributed by atoms with Crippen LogP contribution in [0.3, 0.4) is 0 Å². The molecule has 1 heterocycles. The molecule has 130 valence electrons. The number of alkyl halides is 3. The first-order valence-corrected chi connectivity index (χ1v) is 7.48. The highest BCUT2D eigenvalue weighted by Crippen LogP contribution is 2.31. The van der Waals surface area contributed by atoms with Crippen LogP contribution >= 0.6 is 0 Å². The maximum absolute atomic E-state index is 12.8. The highest BCUT2D eigenvalue weighted by molar-refractivity contribution is 5.61. The van der Waals surface area contributed by atoms with Crippen molar-refractivity contribution in [1.29, 1.82) is 5.26 Å². The summed E-state index contributed by atoms with van der Waals surface area (Å²) in [5.41, 5.74) is 0.618. The molecule has 2 aromatic carbocycles. The molecule has 3 rings (SSSR count). The van der Waals surface area contributed by atoms with Crippen molar-refractivity contribution >= 4 is 23.1 Å². The summed E-state index contributed by atoms with van der Waals surface area (Å²) >= 11 is 0. The number of aromatic nitrogens is 2. The van der Waals surface area contributed by atoms with E-state index in [1.165, 1.54) is 18.3 Å². The molecule has 3 aromatic rings. The van der Waals surface area contributed by atoms with Crippen molar-refractivity contribution in [3.63, 3.8) is 0 Å². The van der Waals surface area contributed by atoms with Crippen molar-refractivity contribution in [3.8, 4) is 6.07 Å². The standard InChI is InChI=1S/C18H12F3N5/c19-18(20,21)13-4-2-6-15(10-13)25-17-23-8-7-16(26-17)24-14-5-1-3-12(9-14)11-22/h1-10H,(H2,23,24,25,26). The van der Waals surface area contributed by atoms with E-state index in [4.69, 9.17) is 5.26 Å². The Bertz CT molecular complexity index is 963. The maximum Gasteiger partial charge on any atom is 0.416 e. The van der Waals surface area contributed by atoms with Crippen molar-refractivity contribution < 1.29 is 13.2 Å². The molecule has 0 saturated heterocycles. The molecule has 0 unspecified atom stereocenters. The number of rotatable bonds is 4. The zero-order chi connectivity index (χ0) is 18.6. The monoisotopic (exact) mass is 355 g/mol. The topological polar surface area (TPSA) is 73.6 Å². The summed E-state index contributed by atoms with van der Waals surface area (Å²) in [5, 5.41) is 14.7. The number of hydrogen-bond donors (Lipinski definition) is 2. The molecule has 0 amide bonds. The second kappa shape index (κ2) is 7.11. The zero-order valence-corrected chi connectivity index (χ0v) is 13.2. The van der Waals surface area contributed by atoms with Crippen LogP contribution in [-0.4, -0.2) is 9.97 Å². The number of benzene rings is 2. The Morgan fingerprint density at radius 2 is 1.65 bits per heavy atom. The third-order valence-electron chi connectivity index (χ3n) is 3.37. The largest absolute Gasteiger partial charge is 0.416 e. The molecular weight excluding hydrogens is 343 g/mol. The van der Waals surface area contributed by atoms with Crippen LogP contribution in [0.4, 0.5) is 36.3 Å². The Labute approximate surface area is 147 Å². The molecule has 8 heteroatoms. The van der Waals surface area contributed by atoms with Gasteiger partial charge in [-0.25, -0.2) is 4.98 Å². The fourth-order valence-electron chi connectivity index (χ4n) is 2.21. The SMILES string of the molecule is N#Cc1cccc(Nc2ccnc(Nc3cccc(C(F)(F)F)c3)n2)c1. The number of nitriles is 1. The number of halogens is 3. The van der Waals surface area contributed by atoms with Gasteiger partial charge in [-0.2, -0.15) is 23.4 Å². The molecule has 0 atom stereocenters. The van der Waals surface area contributed by atoms with Crippen molar-refractivity contribution in [1.82, 2.24) is 9.97 Å². The molecular formula is C18H12F3N5. The Balaban J connectivity index is 1.78. The Kier molecular flexibility index (Phi) is 4.71. The van der Waals surface area contributed by atoms with Crippen molar-refractivity contribution in [2.75, 3.05) is 10.6 Å². The van der Waals surface area contributed by atoms with E-state index < -0.39 is 11.7 Å². The van der Waals surface area contributed by atoms with Crippen LogP contribution in [-0.2, 0) is 6.18 Å². The van der Waals surface area contributed by atoms with Gasteiger partial charge in [0.05, 0.1) is 17.2 Å². The molecule has 1 aromatic heterocycles. The van der Waals surface area contributed by atoms with Gasteiger partial charge in [-0.3, -0.25) is 0 Å². The molecule has 5 nitrogen and oxygen atoms in total. The number of nitrogens with one attached hydrogen (secondary N) is 2. The highest BCUT2D eigenvalue weighted by atomic mass is 19.4. The lowest BCUT2D eigenvalue weighted by Crippen LogP contribution is -2.06. The minimum absolute atomic E-state index is 0.144. The maximum atomic E-state index is 12.8. The van der Waals surface area contributed by atoms with E-state index in [1.807, 2.05) is 6.07 Å². The average molecular weight is 355 g/mol. The zero-order valence-electron chi connectivity index (χ0n) is 13.2. The van der Waals surface area contributed by atoms with Gasteiger partial charge in [0.2, 0.25) is 5.95 Å². The van der Waals surface area contributed by atoms with E-state index in [-0.39, 0.29) is 11.6 Å². The molecule has 0 aliphatic rings. The smallest absolute Gasteiger partial charge is 0.340 e. The molecule has 0 radical (unpaired) electrons. The van der Waals surface area contributed by atoms with Crippen LogP contribution in [0.25, 0.3) is 0 Å². The molecule has 0 aliphatic heterocycles. The quantitative estimate of drug-likeness (QED) is 0.699. The number of hydrogen-bond acceptors (Lipinski definition) is 5. The van der Waals surface area contributed by atoms with Gasteiger partial charge >= 0.3 is 6.18 Å². The summed E-state index contributed by atoms with van der Waals surface area (Å²) < 4.78 is 38.3. The van der Waals surface area contributed by atoms with E-state index in [0.717, 1.165) is 12.1 Å². The van der Waals surface area contributed by atoms with Crippen molar-refractivity contribution in [3.05, 3.63) is 71.9 Å². The van der Waals surface area contributed by atoms with Gasteiger partial charge < -0.3 is 10.6 Å². The predicted molar refractivity (Wildman–Crippen MR) is 91.2 cm³/mol. The highest BCUT2D eigenvalue weighted by Gasteiger charge is 2.30. The van der Waals surface area contributed by atoms with Crippen LogP contribution in [0.1, 0.15) is 11.1 Å². The first kappa shape index (κ1) is 17.2. The Morgan fingerprint density at radius 1 is 0.923 bits per heavy atom. The van der Waals surface area contributed by atoms with Crippen molar-refractivity contribution in [2.45, 2.75) is 6.18 Å². The molecule has 0 fully saturated rings.